The second kappa shape index (κ2) is 9.91. The molecule has 0 saturated heterocycles. The van der Waals surface area contributed by atoms with Gasteiger partial charge in [-0.15, -0.1) is 0 Å². The van der Waals surface area contributed by atoms with E-state index in [1.807, 2.05) is 18.7 Å². The molecule has 5 nitrogen and oxygen atoms in total. The minimum absolute atomic E-state index is 0.0220. The summed E-state index contributed by atoms with van der Waals surface area (Å²) in [4.78, 5) is 27.5. The van der Waals surface area contributed by atoms with Gasteiger partial charge in [0.25, 0.3) is 11.8 Å². The number of amides is 2. The molecular formula is C20H29F3N3O2+. The normalized spacial score (nSPS) is 16.1. The van der Waals surface area contributed by atoms with Crippen molar-refractivity contribution in [3.63, 3.8) is 0 Å². The Labute approximate surface area is 163 Å². The third-order valence-electron chi connectivity index (χ3n) is 5.04. The largest absolute Gasteiger partial charge is 0.332 e. The molecule has 28 heavy (non-hydrogen) atoms. The average Bonchev–Trinajstić information content (AvgIpc) is 2.62. The fourth-order valence-corrected chi connectivity index (χ4v) is 3.78. The first-order valence-corrected chi connectivity index (χ1v) is 9.76. The Bertz CT molecular complexity index is 706. The van der Waals surface area contributed by atoms with Gasteiger partial charge in [0.15, 0.2) is 30.5 Å². The molecule has 1 aliphatic carbocycles. The van der Waals surface area contributed by atoms with Crippen LogP contribution in [0, 0.1) is 17.5 Å². The van der Waals surface area contributed by atoms with Crippen LogP contribution in [-0.2, 0) is 9.59 Å². The highest BCUT2D eigenvalue weighted by atomic mass is 19.2. The van der Waals surface area contributed by atoms with Gasteiger partial charge in [-0.05, 0) is 38.8 Å². The molecule has 0 aromatic heterocycles. The Morgan fingerprint density at radius 1 is 1.11 bits per heavy atom. The number of carbonyl (C=O) groups is 2. The van der Waals surface area contributed by atoms with Crippen LogP contribution in [0.25, 0.3) is 0 Å². The summed E-state index contributed by atoms with van der Waals surface area (Å²) < 4.78 is 39.9. The highest BCUT2D eigenvalue weighted by molar-refractivity contribution is 5.91. The quantitative estimate of drug-likeness (QED) is 0.689. The fraction of sp³-hybridized carbons (Fsp3) is 0.600. The van der Waals surface area contributed by atoms with Crippen LogP contribution in [-0.4, -0.2) is 48.9 Å². The van der Waals surface area contributed by atoms with Gasteiger partial charge >= 0.3 is 0 Å². The lowest BCUT2D eigenvalue weighted by Gasteiger charge is -2.37. The Morgan fingerprint density at radius 3 is 2.36 bits per heavy atom. The third kappa shape index (κ3) is 5.70. The summed E-state index contributed by atoms with van der Waals surface area (Å²) in [5, 5.41) is 2.23. The monoisotopic (exact) mass is 400 g/mol. The van der Waals surface area contributed by atoms with Crippen LogP contribution < -0.4 is 10.2 Å². The zero-order chi connectivity index (χ0) is 20.8. The van der Waals surface area contributed by atoms with E-state index in [9.17, 15) is 22.8 Å². The lowest BCUT2D eigenvalue weighted by Crippen LogP contribution is -3.11. The van der Waals surface area contributed by atoms with Gasteiger partial charge in [-0.1, -0.05) is 19.3 Å². The van der Waals surface area contributed by atoms with E-state index in [1.54, 1.807) is 7.05 Å². The summed E-state index contributed by atoms with van der Waals surface area (Å²) in [7, 11) is 1.69. The number of carbonyl (C=O) groups excluding carboxylic acids is 2. The molecule has 2 amide bonds. The number of quaternary nitrogens is 1. The van der Waals surface area contributed by atoms with Crippen molar-refractivity contribution in [1.29, 1.82) is 0 Å². The first-order valence-electron chi connectivity index (χ1n) is 9.76. The van der Waals surface area contributed by atoms with Gasteiger partial charge in [-0.25, -0.2) is 13.2 Å². The van der Waals surface area contributed by atoms with Gasteiger partial charge in [0.2, 0.25) is 0 Å². The molecule has 8 heteroatoms. The van der Waals surface area contributed by atoms with Crippen LogP contribution >= 0.6 is 0 Å². The maximum absolute atomic E-state index is 13.7. The third-order valence-corrected chi connectivity index (χ3v) is 5.04. The van der Waals surface area contributed by atoms with Gasteiger partial charge in [0.1, 0.15) is 0 Å². The van der Waals surface area contributed by atoms with Gasteiger partial charge in [0, 0.05) is 12.1 Å². The predicted molar refractivity (Wildman–Crippen MR) is 100 cm³/mol. The summed E-state index contributed by atoms with van der Waals surface area (Å²) >= 11 is 0. The minimum atomic E-state index is -1.63. The van der Waals surface area contributed by atoms with E-state index in [4.69, 9.17) is 0 Å². The number of likely N-dealkylation sites (N-methyl/N-ethyl adjacent to an activating group) is 1. The van der Waals surface area contributed by atoms with Crippen LogP contribution in [0.1, 0.15) is 46.0 Å². The predicted octanol–water partition coefficient (Wildman–Crippen LogP) is 2.13. The SMILES string of the molecule is CC(C)N(C(=O)C[NH+](C)CC(=O)Nc1ccc(F)c(F)c1F)C1CCCCC1. The molecule has 1 fully saturated rings. The Morgan fingerprint density at radius 2 is 1.75 bits per heavy atom. The number of hydrogen-bond acceptors (Lipinski definition) is 2. The van der Waals surface area contributed by atoms with Crippen LogP contribution in [0.5, 0.6) is 0 Å². The lowest BCUT2D eigenvalue weighted by molar-refractivity contribution is -0.862. The number of rotatable bonds is 7. The Balaban J connectivity index is 1.92. The van der Waals surface area contributed by atoms with E-state index in [-0.39, 0.29) is 31.1 Å². The van der Waals surface area contributed by atoms with E-state index >= 15 is 0 Å². The second-order valence-electron chi connectivity index (χ2n) is 7.77. The summed E-state index contributed by atoms with van der Waals surface area (Å²) in [6.07, 6.45) is 5.43. The molecule has 1 saturated carbocycles. The molecule has 1 atom stereocenters. The van der Waals surface area contributed by atoms with Crippen molar-refractivity contribution in [3.8, 4) is 0 Å². The van der Waals surface area contributed by atoms with E-state index in [2.05, 4.69) is 5.32 Å². The molecule has 0 spiro atoms. The zero-order valence-corrected chi connectivity index (χ0v) is 16.7. The van der Waals surface area contributed by atoms with Crippen LogP contribution in [0.2, 0.25) is 0 Å². The molecular weight excluding hydrogens is 371 g/mol. The number of benzene rings is 1. The van der Waals surface area contributed by atoms with Crippen molar-refractivity contribution in [3.05, 3.63) is 29.6 Å². The Hall–Kier alpha value is -2.09. The van der Waals surface area contributed by atoms with Crippen molar-refractivity contribution in [1.82, 2.24) is 4.90 Å². The van der Waals surface area contributed by atoms with Gasteiger partial charge in [-0.3, -0.25) is 9.59 Å². The fourth-order valence-electron chi connectivity index (χ4n) is 3.78. The average molecular weight is 400 g/mol. The molecule has 0 bridgehead atoms. The molecule has 1 aromatic rings. The number of hydrogen-bond donors (Lipinski definition) is 2. The van der Waals surface area contributed by atoms with Crippen molar-refractivity contribution < 1.29 is 27.7 Å². The maximum atomic E-state index is 13.7. The van der Waals surface area contributed by atoms with Gasteiger partial charge in [0.05, 0.1) is 12.7 Å². The molecule has 0 heterocycles. The number of nitrogens with one attached hydrogen (secondary N) is 2. The first-order chi connectivity index (χ1) is 13.2. The van der Waals surface area contributed by atoms with E-state index in [1.165, 1.54) is 6.42 Å². The van der Waals surface area contributed by atoms with Crippen molar-refractivity contribution in [2.24, 2.45) is 0 Å². The summed E-state index contributed by atoms with van der Waals surface area (Å²) in [5.74, 6) is -4.99. The molecule has 1 aliphatic rings. The number of anilines is 1. The summed E-state index contributed by atoms with van der Waals surface area (Å²) in [6, 6.07) is 2.03. The maximum Gasteiger partial charge on any atom is 0.279 e. The highest BCUT2D eigenvalue weighted by Crippen LogP contribution is 2.24. The molecule has 156 valence electrons. The molecule has 0 aliphatic heterocycles. The number of nitrogens with zero attached hydrogens (tertiary/aromatic N) is 1. The highest BCUT2D eigenvalue weighted by Gasteiger charge is 2.29. The standard InChI is InChI=1S/C20H28F3N3O2/c1-13(2)26(14-7-5-4-6-8-14)18(28)12-25(3)11-17(27)24-16-10-9-15(21)19(22)20(16)23/h9-10,13-14H,4-8,11-12H2,1-3H3,(H,24,27)/p+1. The van der Waals surface area contributed by atoms with Gasteiger partial charge in [-0.2, -0.15) is 0 Å². The smallest absolute Gasteiger partial charge is 0.279 e. The molecule has 2 rings (SSSR count). The second-order valence-corrected chi connectivity index (χ2v) is 7.77. The van der Waals surface area contributed by atoms with E-state index in [0.29, 0.717) is 4.90 Å². The van der Waals surface area contributed by atoms with Crippen LogP contribution in [0.3, 0.4) is 0 Å². The van der Waals surface area contributed by atoms with E-state index in [0.717, 1.165) is 37.8 Å². The van der Waals surface area contributed by atoms with Crippen LogP contribution in [0.4, 0.5) is 18.9 Å². The molecule has 1 aromatic carbocycles. The van der Waals surface area contributed by atoms with Crippen molar-refractivity contribution >= 4 is 17.5 Å². The lowest BCUT2D eigenvalue weighted by atomic mass is 9.93. The topological polar surface area (TPSA) is 53.9 Å². The van der Waals surface area contributed by atoms with E-state index < -0.39 is 29.0 Å². The molecule has 0 radical (unpaired) electrons. The summed E-state index contributed by atoms with van der Waals surface area (Å²) in [5.41, 5.74) is -0.422. The van der Waals surface area contributed by atoms with Gasteiger partial charge < -0.3 is 15.1 Å². The van der Waals surface area contributed by atoms with Crippen molar-refractivity contribution in [2.45, 2.75) is 58.0 Å². The first kappa shape index (κ1) is 22.2. The molecule has 2 N–H and O–H groups in total. The Kier molecular flexibility index (Phi) is 7.86. The zero-order valence-electron chi connectivity index (χ0n) is 16.7. The minimum Gasteiger partial charge on any atom is -0.332 e. The molecule has 1 unspecified atom stereocenters. The number of halogens is 3. The van der Waals surface area contributed by atoms with Crippen LogP contribution in [0.15, 0.2) is 12.1 Å². The summed E-state index contributed by atoms with van der Waals surface area (Å²) in [6.45, 7) is 4.00. The van der Waals surface area contributed by atoms with Crippen molar-refractivity contribution in [2.75, 3.05) is 25.5 Å².